The smallest absolute Gasteiger partial charge is 0.306 e. The van der Waals surface area contributed by atoms with Crippen LogP contribution in [-0.4, -0.2) is 78.8 Å². The summed E-state index contributed by atoms with van der Waals surface area (Å²) in [6.45, 7) is 2.47. The van der Waals surface area contributed by atoms with Crippen molar-refractivity contribution >= 4 is 34.8 Å². The van der Waals surface area contributed by atoms with Crippen molar-refractivity contribution in [1.29, 1.82) is 0 Å². The normalized spacial score (nSPS) is 28.0. The van der Waals surface area contributed by atoms with Gasteiger partial charge in [-0.05, 0) is 62.6 Å². The monoisotopic (exact) mass is 581 g/mol. The van der Waals surface area contributed by atoms with Crippen LogP contribution in [0.3, 0.4) is 0 Å². The van der Waals surface area contributed by atoms with Crippen LogP contribution in [0.2, 0.25) is 5.02 Å². The number of rotatable bonds is 6. The van der Waals surface area contributed by atoms with Crippen LogP contribution >= 0.6 is 11.6 Å². The van der Waals surface area contributed by atoms with E-state index in [1.165, 1.54) is 12.8 Å². The third kappa shape index (κ3) is 5.69. The Balaban J connectivity index is 0.940. The number of aliphatic hydroxyl groups is 1. The lowest BCUT2D eigenvalue weighted by Crippen LogP contribution is -2.34. The number of fused-ring (bicyclic) bond motifs is 2. The molecule has 5 aliphatic rings. The van der Waals surface area contributed by atoms with Gasteiger partial charge in [0.05, 0.1) is 41.7 Å². The first-order chi connectivity index (χ1) is 20.0. The Bertz CT molecular complexity index is 1310. The van der Waals surface area contributed by atoms with E-state index in [9.17, 15) is 9.90 Å². The third-order valence-electron chi connectivity index (χ3n) is 9.04. The lowest BCUT2D eigenvalue weighted by molar-refractivity contribution is -0.150. The van der Waals surface area contributed by atoms with Crippen LogP contribution < -0.4 is 4.90 Å². The van der Waals surface area contributed by atoms with Gasteiger partial charge < -0.3 is 29.0 Å². The maximum atomic E-state index is 12.3. The van der Waals surface area contributed by atoms with E-state index in [0.717, 1.165) is 61.4 Å². The molecule has 218 valence electrons. The Morgan fingerprint density at radius 1 is 1.05 bits per heavy atom. The van der Waals surface area contributed by atoms with Gasteiger partial charge in [-0.1, -0.05) is 23.7 Å². The van der Waals surface area contributed by atoms with Gasteiger partial charge in [-0.3, -0.25) is 4.79 Å². The number of pyridine rings is 1. The van der Waals surface area contributed by atoms with Gasteiger partial charge in [0.2, 0.25) is 0 Å². The number of hydrogen-bond donors (Lipinski definition) is 1. The number of aliphatic imine (C=N–C) groups is 1. The van der Waals surface area contributed by atoms with E-state index in [-0.39, 0.29) is 37.0 Å². The highest BCUT2D eigenvalue weighted by Crippen LogP contribution is 2.37. The molecule has 7 rings (SSSR count). The van der Waals surface area contributed by atoms with Gasteiger partial charge in [-0.15, -0.1) is 0 Å². The van der Waals surface area contributed by atoms with Crippen molar-refractivity contribution in [2.75, 3.05) is 31.2 Å². The Morgan fingerprint density at radius 2 is 1.80 bits per heavy atom. The van der Waals surface area contributed by atoms with Crippen LogP contribution in [0.4, 0.5) is 11.4 Å². The molecule has 10 heteroatoms. The molecule has 9 nitrogen and oxygen atoms in total. The second kappa shape index (κ2) is 11.5. The van der Waals surface area contributed by atoms with Gasteiger partial charge in [-0.25, -0.2) is 9.98 Å². The number of aromatic nitrogens is 1. The predicted octanol–water partition coefficient (Wildman–Crippen LogP) is 4.62. The van der Waals surface area contributed by atoms with Crippen LogP contribution in [0.25, 0.3) is 11.3 Å². The number of aliphatic hydroxyl groups excluding tert-OH is 1. The first kappa shape index (κ1) is 27.1. The number of piperidine rings is 1. The summed E-state index contributed by atoms with van der Waals surface area (Å²) in [5.41, 5.74) is 4.36. The first-order valence-corrected chi connectivity index (χ1v) is 15.3. The summed E-state index contributed by atoms with van der Waals surface area (Å²) in [7, 11) is 0. The van der Waals surface area contributed by atoms with Crippen molar-refractivity contribution in [3.8, 4) is 11.3 Å². The molecule has 5 heterocycles. The van der Waals surface area contributed by atoms with Crippen molar-refractivity contribution < 1.29 is 28.8 Å². The Labute approximate surface area is 244 Å². The van der Waals surface area contributed by atoms with Gasteiger partial charge >= 0.3 is 5.97 Å². The highest BCUT2D eigenvalue weighted by Gasteiger charge is 2.49. The maximum absolute atomic E-state index is 12.3. The molecule has 1 aromatic carbocycles. The summed E-state index contributed by atoms with van der Waals surface area (Å²) in [5.74, 6) is 0.932. The summed E-state index contributed by atoms with van der Waals surface area (Å²) in [6, 6.07) is 10.2. The summed E-state index contributed by atoms with van der Waals surface area (Å²) in [5, 5.41) is 10.5. The van der Waals surface area contributed by atoms with Crippen molar-refractivity contribution in [2.24, 2.45) is 10.9 Å². The van der Waals surface area contributed by atoms with Crippen LogP contribution in [0.15, 0.2) is 35.3 Å². The summed E-state index contributed by atoms with van der Waals surface area (Å²) >= 11 is 6.66. The number of hydrogen-bond acceptors (Lipinski definition) is 9. The molecule has 1 aliphatic carbocycles. The van der Waals surface area contributed by atoms with Gasteiger partial charge in [0.1, 0.15) is 24.4 Å². The fourth-order valence-corrected chi connectivity index (χ4v) is 7.01. The molecule has 0 amide bonds. The summed E-state index contributed by atoms with van der Waals surface area (Å²) in [6.07, 6.45) is 5.98. The summed E-state index contributed by atoms with van der Waals surface area (Å²) < 4.78 is 23.1. The van der Waals surface area contributed by atoms with E-state index >= 15 is 0 Å². The Hall–Kier alpha value is -2.72. The third-order valence-corrected chi connectivity index (χ3v) is 9.33. The number of esters is 1. The van der Waals surface area contributed by atoms with Gasteiger partial charge in [0, 0.05) is 30.8 Å². The van der Waals surface area contributed by atoms with Crippen molar-refractivity contribution in [1.82, 2.24) is 4.98 Å². The zero-order valence-corrected chi connectivity index (χ0v) is 23.8. The number of nitrogens with zero attached hydrogens (tertiary/aromatic N) is 3. The zero-order valence-electron chi connectivity index (χ0n) is 23.0. The second-order valence-electron chi connectivity index (χ2n) is 11.9. The minimum atomic E-state index is -0.616. The molecule has 41 heavy (non-hydrogen) atoms. The van der Waals surface area contributed by atoms with E-state index in [2.05, 4.69) is 34.2 Å². The van der Waals surface area contributed by atoms with E-state index in [1.807, 2.05) is 6.07 Å². The second-order valence-corrected chi connectivity index (χ2v) is 12.3. The number of anilines is 1. The fraction of sp³-hybridized carbons (Fsp3) is 0.581. The largest absolute Gasteiger partial charge is 0.472 e. The SMILES string of the molecule is O=C(CC1CCN(c2ccc(-c3nc4c(cc3Cl)N=C(O[C@@H]3CO[C@H]5[C@@H]3OC[C@H]5O)C4)cc2)CC1)OC1CCCC1. The number of carbonyl (C=O) groups is 1. The highest BCUT2D eigenvalue weighted by molar-refractivity contribution is 6.33. The van der Waals surface area contributed by atoms with Crippen LogP contribution in [0.5, 0.6) is 0 Å². The van der Waals surface area contributed by atoms with E-state index < -0.39 is 6.10 Å². The molecule has 1 aromatic heterocycles. The molecule has 1 N–H and O–H groups in total. The van der Waals surface area contributed by atoms with Gasteiger partial charge in [0.15, 0.2) is 12.0 Å². The molecule has 3 saturated heterocycles. The van der Waals surface area contributed by atoms with Crippen LogP contribution in [-0.2, 0) is 30.2 Å². The number of carbonyl (C=O) groups excluding carboxylic acids is 1. The standard InChI is InChI=1S/C31H36ClN3O6/c32-22-14-23-24(15-27(33-23)41-26-17-39-30-25(36)16-38-31(26)30)34-29(22)19-5-7-20(8-6-19)35-11-9-18(10-12-35)13-28(37)40-21-3-1-2-4-21/h5-8,14,18,21,25-26,30-31,36H,1-4,9-13,15-17H2/t25-,26-,30-,31-/m1/s1. The molecular weight excluding hydrogens is 546 g/mol. The molecule has 0 bridgehead atoms. The highest BCUT2D eigenvalue weighted by atomic mass is 35.5. The van der Waals surface area contributed by atoms with E-state index in [4.69, 9.17) is 35.5 Å². The molecule has 2 aromatic rings. The Morgan fingerprint density at radius 3 is 2.59 bits per heavy atom. The molecule has 0 spiro atoms. The zero-order chi connectivity index (χ0) is 27.9. The molecule has 1 saturated carbocycles. The minimum Gasteiger partial charge on any atom is -0.472 e. The van der Waals surface area contributed by atoms with Crippen molar-refractivity contribution in [2.45, 2.75) is 81.9 Å². The molecule has 4 atom stereocenters. The lowest BCUT2D eigenvalue weighted by atomic mass is 9.93. The average Bonchev–Trinajstić information content (AvgIpc) is 3.77. The first-order valence-electron chi connectivity index (χ1n) is 14.9. The molecule has 0 unspecified atom stereocenters. The van der Waals surface area contributed by atoms with Crippen LogP contribution in [0, 0.1) is 5.92 Å². The van der Waals surface area contributed by atoms with Gasteiger partial charge in [-0.2, -0.15) is 0 Å². The van der Waals surface area contributed by atoms with Gasteiger partial charge in [0.25, 0.3) is 0 Å². The molecular formula is C31H36ClN3O6. The van der Waals surface area contributed by atoms with Crippen molar-refractivity contribution in [3.05, 3.63) is 41.0 Å². The number of ether oxygens (including phenoxy) is 4. The molecule has 4 fully saturated rings. The number of halogens is 1. The van der Waals surface area contributed by atoms with E-state index in [1.54, 1.807) is 0 Å². The molecule has 0 radical (unpaired) electrons. The maximum Gasteiger partial charge on any atom is 0.306 e. The predicted molar refractivity (Wildman–Crippen MR) is 154 cm³/mol. The molecule has 4 aliphatic heterocycles. The Kier molecular flexibility index (Phi) is 7.62. The van der Waals surface area contributed by atoms with E-state index in [0.29, 0.717) is 42.0 Å². The quantitative estimate of drug-likeness (QED) is 0.493. The average molecular weight is 582 g/mol. The fourth-order valence-electron chi connectivity index (χ4n) is 6.75. The van der Waals surface area contributed by atoms with Crippen LogP contribution in [0.1, 0.15) is 50.6 Å². The van der Waals surface area contributed by atoms with Crippen molar-refractivity contribution in [3.63, 3.8) is 0 Å². The number of benzene rings is 1. The topological polar surface area (TPSA) is 103 Å². The lowest BCUT2D eigenvalue weighted by Gasteiger charge is -2.33. The minimum absolute atomic E-state index is 0.0219. The summed E-state index contributed by atoms with van der Waals surface area (Å²) in [4.78, 5) is 24.2.